The van der Waals surface area contributed by atoms with Gasteiger partial charge in [0, 0.05) is 17.6 Å². The van der Waals surface area contributed by atoms with E-state index in [0.717, 1.165) is 31.2 Å². The van der Waals surface area contributed by atoms with Crippen LogP contribution in [0.3, 0.4) is 0 Å². The van der Waals surface area contributed by atoms with Crippen molar-refractivity contribution in [3.63, 3.8) is 0 Å². The maximum Gasteiger partial charge on any atom is 0.192 e. The maximum absolute atomic E-state index is 8.82. The van der Waals surface area contributed by atoms with E-state index in [1.165, 1.54) is 0 Å². The number of rotatable bonds is 2. The second-order valence-corrected chi connectivity index (χ2v) is 13.1. The van der Waals surface area contributed by atoms with Gasteiger partial charge in [-0.15, -0.1) is 0 Å². The zero-order valence-corrected chi connectivity index (χ0v) is 16.6. The molecule has 24 heavy (non-hydrogen) atoms. The number of benzene rings is 1. The van der Waals surface area contributed by atoms with E-state index in [-0.39, 0.29) is 5.04 Å². The van der Waals surface area contributed by atoms with Crippen molar-refractivity contribution in [3.8, 4) is 17.9 Å². The fraction of sp³-hybridized carbons (Fsp3) is 0.571. The van der Waals surface area contributed by atoms with Crippen LogP contribution in [0.25, 0.3) is 0 Å². The lowest BCUT2D eigenvalue weighted by molar-refractivity contribution is 0.127. The van der Waals surface area contributed by atoms with Gasteiger partial charge in [0.1, 0.15) is 0 Å². The Morgan fingerprint density at radius 2 is 1.54 bits per heavy atom. The van der Waals surface area contributed by atoms with E-state index in [0.29, 0.717) is 17.6 Å². The molecule has 2 rings (SSSR count). The summed E-state index contributed by atoms with van der Waals surface area (Å²) in [5.41, 5.74) is 1.68. The Balaban J connectivity index is 1.87. The highest BCUT2D eigenvalue weighted by Crippen LogP contribution is 2.39. The maximum atomic E-state index is 8.82. The molecule has 0 radical (unpaired) electrons. The first-order valence-corrected chi connectivity index (χ1v) is 11.8. The minimum Gasteiger partial charge on any atom is -0.414 e. The normalized spacial score (nSPS) is 21.5. The average Bonchev–Trinajstić information content (AvgIpc) is 2.53. The zero-order valence-electron chi connectivity index (χ0n) is 15.6. The van der Waals surface area contributed by atoms with Crippen molar-refractivity contribution in [1.82, 2.24) is 0 Å². The molecule has 0 N–H and O–H groups in total. The topological polar surface area (TPSA) is 33.0 Å². The molecule has 0 heterocycles. The molecule has 0 amide bonds. The van der Waals surface area contributed by atoms with Gasteiger partial charge in [-0.2, -0.15) is 5.26 Å². The van der Waals surface area contributed by atoms with Gasteiger partial charge >= 0.3 is 0 Å². The van der Waals surface area contributed by atoms with E-state index in [1.807, 2.05) is 24.3 Å². The molecule has 1 aliphatic carbocycles. The van der Waals surface area contributed by atoms with Crippen LogP contribution in [0.4, 0.5) is 0 Å². The number of hydrogen-bond donors (Lipinski definition) is 0. The molecular formula is C21H29NOSi. The summed E-state index contributed by atoms with van der Waals surface area (Å²) in [6, 6.07) is 9.65. The van der Waals surface area contributed by atoms with Gasteiger partial charge in [-0.1, -0.05) is 32.6 Å². The third kappa shape index (κ3) is 4.97. The molecule has 1 aromatic carbocycles. The lowest BCUT2D eigenvalue weighted by atomic mass is 9.88. The molecule has 1 fully saturated rings. The van der Waals surface area contributed by atoms with E-state index in [9.17, 15) is 0 Å². The molecule has 128 valence electrons. The van der Waals surface area contributed by atoms with Crippen LogP contribution in [0.2, 0.25) is 18.1 Å². The third-order valence-corrected chi connectivity index (χ3v) is 9.91. The van der Waals surface area contributed by atoms with Crippen molar-refractivity contribution in [2.75, 3.05) is 0 Å². The molecular weight excluding hydrogens is 310 g/mol. The van der Waals surface area contributed by atoms with Crippen molar-refractivity contribution in [1.29, 1.82) is 5.26 Å². The summed E-state index contributed by atoms with van der Waals surface area (Å²) in [5, 5.41) is 9.10. The molecule has 3 heteroatoms. The predicted octanol–water partition coefficient (Wildman–Crippen LogP) is 5.49. The first-order chi connectivity index (χ1) is 11.2. The summed E-state index contributed by atoms with van der Waals surface area (Å²) in [5.74, 6) is 7.15. The summed E-state index contributed by atoms with van der Waals surface area (Å²) < 4.78 is 6.54. The van der Waals surface area contributed by atoms with E-state index < -0.39 is 8.32 Å². The Morgan fingerprint density at radius 1 is 1.00 bits per heavy atom. The van der Waals surface area contributed by atoms with Gasteiger partial charge in [0.15, 0.2) is 8.32 Å². The van der Waals surface area contributed by atoms with Crippen molar-refractivity contribution in [2.24, 2.45) is 5.92 Å². The molecule has 2 nitrogen and oxygen atoms in total. The fourth-order valence-electron chi connectivity index (χ4n) is 2.73. The summed E-state index contributed by atoms with van der Waals surface area (Å²) in [6.07, 6.45) is 4.92. The Kier molecular flexibility index (Phi) is 5.91. The van der Waals surface area contributed by atoms with Gasteiger partial charge in [-0.05, 0) is 68.1 Å². The molecule has 0 aliphatic heterocycles. The van der Waals surface area contributed by atoms with Crippen LogP contribution in [-0.4, -0.2) is 14.4 Å². The minimum atomic E-state index is -1.66. The molecule has 0 aromatic heterocycles. The summed E-state index contributed by atoms with van der Waals surface area (Å²) in [6.45, 7) is 11.6. The van der Waals surface area contributed by atoms with Crippen molar-refractivity contribution >= 4 is 8.32 Å². The number of hydrogen-bond acceptors (Lipinski definition) is 2. The zero-order chi connectivity index (χ0) is 17.8. The molecule has 1 aromatic rings. The van der Waals surface area contributed by atoms with E-state index in [4.69, 9.17) is 9.69 Å². The van der Waals surface area contributed by atoms with Gasteiger partial charge in [0.2, 0.25) is 0 Å². The van der Waals surface area contributed by atoms with Gasteiger partial charge in [0.05, 0.1) is 11.6 Å². The van der Waals surface area contributed by atoms with E-state index in [1.54, 1.807) is 0 Å². The third-order valence-electron chi connectivity index (χ3n) is 5.38. The van der Waals surface area contributed by atoms with Crippen LogP contribution in [-0.2, 0) is 4.43 Å². The molecule has 0 unspecified atom stereocenters. The van der Waals surface area contributed by atoms with Crippen LogP contribution < -0.4 is 0 Å². The second-order valence-electron chi connectivity index (χ2n) is 8.31. The van der Waals surface area contributed by atoms with Gasteiger partial charge < -0.3 is 4.43 Å². The average molecular weight is 340 g/mol. The summed E-state index contributed by atoms with van der Waals surface area (Å²) >= 11 is 0. The number of nitriles is 1. The van der Waals surface area contributed by atoms with Crippen LogP contribution in [0.5, 0.6) is 0 Å². The minimum absolute atomic E-state index is 0.277. The van der Waals surface area contributed by atoms with Gasteiger partial charge in [0.25, 0.3) is 0 Å². The van der Waals surface area contributed by atoms with E-state index >= 15 is 0 Å². The van der Waals surface area contributed by atoms with Gasteiger partial charge in [-0.3, -0.25) is 0 Å². The van der Waals surface area contributed by atoms with Gasteiger partial charge in [-0.25, -0.2) is 0 Å². The monoisotopic (exact) mass is 339 g/mol. The molecule has 1 aliphatic rings. The Hall–Kier alpha value is -1.55. The number of nitrogens with zero attached hydrogens (tertiary/aromatic N) is 1. The van der Waals surface area contributed by atoms with Crippen molar-refractivity contribution < 1.29 is 4.43 Å². The molecule has 0 atom stereocenters. The molecule has 0 spiro atoms. The van der Waals surface area contributed by atoms with Crippen molar-refractivity contribution in [3.05, 3.63) is 35.4 Å². The van der Waals surface area contributed by atoms with Crippen LogP contribution in [0.15, 0.2) is 24.3 Å². The van der Waals surface area contributed by atoms with E-state index in [2.05, 4.69) is 51.8 Å². The predicted molar refractivity (Wildman–Crippen MR) is 102 cm³/mol. The first-order valence-electron chi connectivity index (χ1n) is 8.91. The van der Waals surface area contributed by atoms with Crippen LogP contribution >= 0.6 is 0 Å². The van der Waals surface area contributed by atoms with Crippen molar-refractivity contribution in [2.45, 2.75) is 70.7 Å². The second kappa shape index (κ2) is 7.56. The summed E-state index contributed by atoms with van der Waals surface area (Å²) in [7, 11) is -1.66. The standard InChI is InChI=1S/C21H29NOSi/c1-21(2,3)24(4,5)23-20-14-12-18(13-15-20)7-6-17-8-10-19(16-22)11-9-17/h8-11,18,20H,12-15H2,1-5H3. The largest absolute Gasteiger partial charge is 0.414 e. The quantitative estimate of drug-likeness (QED) is 0.527. The fourth-order valence-corrected chi connectivity index (χ4v) is 4.15. The SMILES string of the molecule is CC(C)(C)[Si](C)(C)OC1CCC(C#Cc2ccc(C#N)cc2)CC1. The lowest BCUT2D eigenvalue weighted by Crippen LogP contribution is -2.44. The first kappa shape index (κ1) is 18.8. The smallest absolute Gasteiger partial charge is 0.192 e. The summed E-state index contributed by atoms with van der Waals surface area (Å²) in [4.78, 5) is 0. The van der Waals surface area contributed by atoms with Crippen LogP contribution in [0, 0.1) is 29.1 Å². The molecule has 1 saturated carbocycles. The Bertz CT molecular complexity index is 644. The Morgan fingerprint density at radius 3 is 2.04 bits per heavy atom. The lowest BCUT2D eigenvalue weighted by Gasteiger charge is -2.40. The highest BCUT2D eigenvalue weighted by atomic mass is 28.4. The molecule has 0 saturated heterocycles. The highest BCUT2D eigenvalue weighted by molar-refractivity contribution is 6.74. The molecule has 0 bridgehead atoms. The Labute approximate surface area is 148 Å². The van der Waals surface area contributed by atoms with Crippen LogP contribution in [0.1, 0.15) is 57.6 Å². The highest BCUT2D eigenvalue weighted by Gasteiger charge is 2.39.